The van der Waals surface area contributed by atoms with Crippen LogP contribution in [0.5, 0.6) is 0 Å². The molecular weight excluding hydrogens is 458 g/mol. The summed E-state index contributed by atoms with van der Waals surface area (Å²) >= 11 is 6.68. The minimum atomic E-state index is -3.50. The van der Waals surface area contributed by atoms with Crippen molar-refractivity contribution in [1.82, 2.24) is 14.2 Å². The van der Waals surface area contributed by atoms with Crippen LogP contribution in [0.4, 0.5) is 0 Å². The molecule has 128 valence electrons. The van der Waals surface area contributed by atoms with Crippen LogP contribution in [0.3, 0.4) is 0 Å². The number of rotatable bonds is 4. The molecule has 1 fully saturated rings. The van der Waals surface area contributed by atoms with E-state index in [9.17, 15) is 8.42 Å². The van der Waals surface area contributed by atoms with Crippen molar-refractivity contribution in [3.05, 3.63) is 57.2 Å². The van der Waals surface area contributed by atoms with Gasteiger partial charge in [0.1, 0.15) is 0 Å². The van der Waals surface area contributed by atoms with Crippen LogP contribution in [-0.4, -0.2) is 48.8 Å². The summed E-state index contributed by atoms with van der Waals surface area (Å²) in [6, 6.07) is 11.0. The highest BCUT2D eigenvalue weighted by molar-refractivity contribution is 9.11. The lowest BCUT2D eigenvalue weighted by Crippen LogP contribution is -2.48. The Morgan fingerprint density at radius 1 is 1.04 bits per heavy atom. The Balaban J connectivity index is 1.68. The van der Waals surface area contributed by atoms with E-state index in [0.717, 1.165) is 16.7 Å². The summed E-state index contributed by atoms with van der Waals surface area (Å²) in [5.41, 5.74) is 1.00. The van der Waals surface area contributed by atoms with E-state index in [1.807, 2.05) is 24.3 Å². The Labute approximate surface area is 159 Å². The molecule has 2 heterocycles. The maximum atomic E-state index is 12.9. The molecule has 1 aromatic heterocycles. The third-order valence-corrected chi connectivity index (χ3v) is 7.34. The standard InChI is InChI=1S/C16H17Br2N3O2S/c17-13-4-5-15(18)16(11-13)24(22,23)21-9-7-20(8-10-21)12-14-3-1-2-6-19-14/h1-6,11H,7-10,12H2. The van der Waals surface area contributed by atoms with Gasteiger partial charge in [0.25, 0.3) is 0 Å². The van der Waals surface area contributed by atoms with Crippen LogP contribution < -0.4 is 0 Å². The lowest BCUT2D eigenvalue weighted by Gasteiger charge is -2.33. The highest BCUT2D eigenvalue weighted by atomic mass is 79.9. The zero-order valence-electron chi connectivity index (χ0n) is 12.9. The number of aromatic nitrogens is 1. The zero-order valence-corrected chi connectivity index (χ0v) is 16.9. The first-order valence-electron chi connectivity index (χ1n) is 7.54. The van der Waals surface area contributed by atoms with E-state index in [1.54, 1.807) is 22.6 Å². The zero-order chi connectivity index (χ0) is 17.2. The van der Waals surface area contributed by atoms with Gasteiger partial charge in [0.05, 0.1) is 10.6 Å². The maximum Gasteiger partial charge on any atom is 0.244 e. The van der Waals surface area contributed by atoms with Gasteiger partial charge in [0.15, 0.2) is 0 Å². The van der Waals surface area contributed by atoms with Crippen LogP contribution in [-0.2, 0) is 16.6 Å². The molecule has 24 heavy (non-hydrogen) atoms. The molecule has 0 atom stereocenters. The van der Waals surface area contributed by atoms with Crippen LogP contribution in [0, 0.1) is 0 Å². The van der Waals surface area contributed by atoms with E-state index < -0.39 is 10.0 Å². The van der Waals surface area contributed by atoms with E-state index in [-0.39, 0.29) is 0 Å². The average Bonchev–Trinajstić information content (AvgIpc) is 2.58. The van der Waals surface area contributed by atoms with E-state index in [4.69, 9.17) is 0 Å². The predicted octanol–water partition coefficient (Wildman–Crippen LogP) is 3.11. The minimum absolute atomic E-state index is 0.301. The number of nitrogens with zero attached hydrogens (tertiary/aromatic N) is 3. The van der Waals surface area contributed by atoms with Gasteiger partial charge in [-0.05, 0) is 46.3 Å². The molecule has 0 radical (unpaired) electrons. The van der Waals surface area contributed by atoms with Crippen molar-refractivity contribution in [2.75, 3.05) is 26.2 Å². The first-order valence-corrected chi connectivity index (χ1v) is 10.6. The molecule has 5 nitrogen and oxygen atoms in total. The van der Waals surface area contributed by atoms with Crippen molar-refractivity contribution in [2.24, 2.45) is 0 Å². The van der Waals surface area contributed by atoms with Crippen molar-refractivity contribution in [3.8, 4) is 0 Å². The lowest BCUT2D eigenvalue weighted by molar-refractivity contribution is 0.180. The third kappa shape index (κ3) is 4.05. The van der Waals surface area contributed by atoms with E-state index >= 15 is 0 Å². The van der Waals surface area contributed by atoms with Gasteiger partial charge in [-0.2, -0.15) is 4.31 Å². The molecule has 0 bridgehead atoms. The van der Waals surface area contributed by atoms with Gasteiger partial charge in [-0.3, -0.25) is 9.88 Å². The third-order valence-electron chi connectivity index (χ3n) is 3.95. The van der Waals surface area contributed by atoms with Crippen molar-refractivity contribution < 1.29 is 8.42 Å². The summed E-state index contributed by atoms with van der Waals surface area (Å²) in [5.74, 6) is 0. The molecule has 1 saturated heterocycles. The van der Waals surface area contributed by atoms with Crippen LogP contribution in [0.15, 0.2) is 56.4 Å². The summed E-state index contributed by atoms with van der Waals surface area (Å²) < 4.78 is 28.6. The van der Waals surface area contributed by atoms with Crippen molar-refractivity contribution in [1.29, 1.82) is 0 Å². The second-order valence-corrected chi connectivity index (χ2v) is 9.25. The van der Waals surface area contributed by atoms with Crippen LogP contribution in [0.25, 0.3) is 0 Å². The summed E-state index contributed by atoms with van der Waals surface area (Å²) in [6.07, 6.45) is 1.78. The highest BCUT2D eigenvalue weighted by Crippen LogP contribution is 2.28. The van der Waals surface area contributed by atoms with Crippen molar-refractivity contribution >= 4 is 41.9 Å². The van der Waals surface area contributed by atoms with Gasteiger partial charge in [-0.15, -0.1) is 0 Å². The second-order valence-electron chi connectivity index (χ2n) is 5.58. The molecule has 0 aliphatic carbocycles. The molecule has 0 unspecified atom stereocenters. The molecule has 1 aromatic carbocycles. The molecule has 1 aliphatic rings. The molecule has 3 rings (SSSR count). The summed E-state index contributed by atoms with van der Waals surface area (Å²) in [7, 11) is -3.50. The largest absolute Gasteiger partial charge is 0.295 e. The van der Waals surface area contributed by atoms with Gasteiger partial charge in [-0.25, -0.2) is 8.42 Å². The average molecular weight is 475 g/mol. The van der Waals surface area contributed by atoms with Gasteiger partial charge < -0.3 is 0 Å². The number of benzene rings is 1. The van der Waals surface area contributed by atoms with Crippen LogP contribution in [0.2, 0.25) is 0 Å². The van der Waals surface area contributed by atoms with E-state index in [2.05, 4.69) is 41.7 Å². The lowest BCUT2D eigenvalue weighted by atomic mass is 10.3. The van der Waals surface area contributed by atoms with Crippen molar-refractivity contribution in [2.45, 2.75) is 11.4 Å². The molecule has 8 heteroatoms. The molecule has 0 saturated carbocycles. The maximum absolute atomic E-state index is 12.9. The van der Waals surface area contributed by atoms with E-state index in [0.29, 0.717) is 35.5 Å². The number of hydrogen-bond donors (Lipinski definition) is 0. The SMILES string of the molecule is O=S(=O)(c1cc(Br)ccc1Br)N1CCN(Cc2ccccn2)CC1. The smallest absolute Gasteiger partial charge is 0.244 e. The van der Waals surface area contributed by atoms with Gasteiger partial charge in [0, 0.05) is 47.9 Å². The topological polar surface area (TPSA) is 53.5 Å². The summed E-state index contributed by atoms with van der Waals surface area (Å²) in [6.45, 7) is 3.10. The van der Waals surface area contributed by atoms with Crippen molar-refractivity contribution in [3.63, 3.8) is 0 Å². The molecule has 0 spiro atoms. The monoisotopic (exact) mass is 473 g/mol. The molecule has 0 N–H and O–H groups in total. The molecular formula is C16H17Br2N3O2S. The Morgan fingerprint density at radius 3 is 2.46 bits per heavy atom. The fraction of sp³-hybridized carbons (Fsp3) is 0.312. The molecule has 2 aromatic rings. The Bertz CT molecular complexity index is 807. The first-order chi connectivity index (χ1) is 11.5. The normalized spacial score (nSPS) is 17.1. The van der Waals surface area contributed by atoms with E-state index in [1.165, 1.54) is 0 Å². The van der Waals surface area contributed by atoms with Crippen LogP contribution in [0.1, 0.15) is 5.69 Å². The molecule has 0 amide bonds. The van der Waals surface area contributed by atoms with Gasteiger partial charge in [-0.1, -0.05) is 22.0 Å². The number of sulfonamides is 1. The van der Waals surface area contributed by atoms with Gasteiger partial charge >= 0.3 is 0 Å². The summed E-state index contributed by atoms with van der Waals surface area (Å²) in [5, 5.41) is 0. The Morgan fingerprint density at radius 2 is 1.79 bits per heavy atom. The number of hydrogen-bond acceptors (Lipinski definition) is 4. The quantitative estimate of drug-likeness (QED) is 0.683. The van der Waals surface area contributed by atoms with Crippen LogP contribution >= 0.6 is 31.9 Å². The fourth-order valence-corrected chi connectivity index (χ4v) is 5.55. The second kappa shape index (κ2) is 7.61. The number of halogens is 2. The summed E-state index contributed by atoms with van der Waals surface area (Å²) in [4.78, 5) is 6.85. The molecule has 1 aliphatic heterocycles. The highest BCUT2D eigenvalue weighted by Gasteiger charge is 2.30. The van der Waals surface area contributed by atoms with Gasteiger partial charge in [0.2, 0.25) is 10.0 Å². The Kier molecular flexibility index (Phi) is 5.71. The fourth-order valence-electron chi connectivity index (χ4n) is 2.66. The predicted molar refractivity (Wildman–Crippen MR) is 100 cm³/mol. The first kappa shape index (κ1) is 18.0. The number of pyridine rings is 1. The number of piperazine rings is 1. The Hall–Kier alpha value is -0.800. The minimum Gasteiger partial charge on any atom is -0.295 e.